The number of nitrogens with zero attached hydrogens (tertiary/aromatic N) is 1. The summed E-state index contributed by atoms with van der Waals surface area (Å²) in [5, 5.41) is 8.39. The van der Waals surface area contributed by atoms with Crippen LogP contribution in [-0.4, -0.2) is 44.6 Å². The largest absolute Gasteiger partial charge is 0.468 e. The van der Waals surface area contributed by atoms with Gasteiger partial charge in [0.15, 0.2) is 5.78 Å². The third-order valence-electron chi connectivity index (χ3n) is 6.35. The van der Waals surface area contributed by atoms with E-state index in [1.54, 1.807) is 25.1 Å². The number of carbonyl (C=O) groups is 2. The smallest absolute Gasteiger partial charge is 0.326 e. The Morgan fingerprint density at radius 1 is 1.05 bits per heavy atom. The summed E-state index contributed by atoms with van der Waals surface area (Å²) >= 11 is 5.97. The molecule has 0 fully saturated rings. The minimum atomic E-state index is -4.23. The molecule has 0 aliphatic carbocycles. The van der Waals surface area contributed by atoms with Gasteiger partial charge in [0, 0.05) is 39.2 Å². The van der Waals surface area contributed by atoms with Crippen LogP contribution in [0.2, 0.25) is 5.02 Å². The molecule has 3 aromatic carbocycles. The van der Waals surface area contributed by atoms with Crippen molar-refractivity contribution in [3.63, 3.8) is 0 Å². The average molecular weight is 604 g/mol. The number of halogens is 2. The number of hydrogen-bond donors (Lipinski definition) is 3. The van der Waals surface area contributed by atoms with E-state index in [0.29, 0.717) is 39.2 Å². The highest BCUT2D eigenvalue weighted by atomic mass is 35.5. The van der Waals surface area contributed by atoms with Crippen molar-refractivity contribution in [2.75, 3.05) is 18.0 Å². The van der Waals surface area contributed by atoms with Crippen LogP contribution in [0, 0.1) is 12.3 Å². The summed E-state index contributed by atoms with van der Waals surface area (Å²) in [6, 6.07) is 17.6. The minimum absolute atomic E-state index is 0. The molecular weight excluding hydrogens is 575 g/mol. The number of ketones is 1. The van der Waals surface area contributed by atoms with Crippen LogP contribution in [0.5, 0.6) is 0 Å². The second-order valence-electron chi connectivity index (χ2n) is 8.93. The summed E-state index contributed by atoms with van der Waals surface area (Å²) in [5.41, 5.74) is 8.91. The first-order valence-electron chi connectivity index (χ1n) is 11.9. The number of aromatic amines is 1. The minimum Gasteiger partial charge on any atom is -0.468 e. The van der Waals surface area contributed by atoms with Crippen LogP contribution in [0.1, 0.15) is 33.6 Å². The molecule has 0 aliphatic heterocycles. The molecule has 0 unspecified atom stereocenters. The number of aryl methyl sites for hydroxylation is 2. The maximum Gasteiger partial charge on any atom is 0.326 e. The van der Waals surface area contributed by atoms with E-state index in [1.807, 2.05) is 12.1 Å². The predicted molar refractivity (Wildman–Crippen MR) is 158 cm³/mol. The number of nitrogen functional groups attached to an aromatic ring is 1. The van der Waals surface area contributed by atoms with Gasteiger partial charge in [-0.1, -0.05) is 35.9 Å². The molecule has 9 nitrogen and oxygen atoms in total. The molecule has 1 heterocycles. The zero-order valence-corrected chi connectivity index (χ0v) is 24.1. The summed E-state index contributed by atoms with van der Waals surface area (Å²) in [6.45, 7) is 1.22. The molecule has 0 amide bonds. The highest BCUT2D eigenvalue weighted by Gasteiger charge is 2.29. The molecule has 40 heavy (non-hydrogen) atoms. The van der Waals surface area contributed by atoms with E-state index < -0.39 is 22.5 Å². The monoisotopic (exact) mass is 602 g/mol. The predicted octanol–water partition coefficient (Wildman–Crippen LogP) is 5.02. The molecule has 0 radical (unpaired) electrons. The number of Topliss-reactive ketones (excluding diaryl/α,β-unsaturated/α-hetero) is 1. The number of methoxy groups -OCH3 is 1. The van der Waals surface area contributed by atoms with E-state index in [4.69, 9.17) is 27.5 Å². The third kappa shape index (κ3) is 6.47. The van der Waals surface area contributed by atoms with Crippen LogP contribution in [0.25, 0.3) is 10.9 Å². The lowest BCUT2D eigenvalue weighted by Crippen LogP contribution is -2.36. The Kier molecular flexibility index (Phi) is 9.62. The molecule has 4 rings (SSSR count). The first-order valence-corrected chi connectivity index (χ1v) is 13.8. The molecule has 0 aliphatic rings. The van der Waals surface area contributed by atoms with Crippen molar-refractivity contribution >= 4 is 68.2 Å². The van der Waals surface area contributed by atoms with Crippen molar-refractivity contribution in [1.29, 1.82) is 5.41 Å². The number of hydrogen-bond acceptors (Lipinski definition) is 6. The Balaban J connectivity index is 0.00000441. The number of rotatable bonds is 10. The second-order valence-corrected chi connectivity index (χ2v) is 11.2. The fourth-order valence-electron chi connectivity index (χ4n) is 4.29. The number of sulfonamides is 1. The molecule has 0 bridgehead atoms. The van der Waals surface area contributed by atoms with E-state index >= 15 is 0 Å². The highest BCUT2D eigenvalue weighted by molar-refractivity contribution is 7.92. The standard InChI is InChI=1S/C28H27ClN4O5S.ClH/c1-17-27(25(34)14-5-18-3-6-19(7-4-18)28(30)31)23-15-22(12-13-24(23)32-17)39(36,37)33(16-26(35)38-2)21-10-8-20(29)9-11-21;/h3-4,6-13,15,32H,5,14,16H2,1-2H3,(H3,30,31);1H. The number of aromatic nitrogens is 1. The lowest BCUT2D eigenvalue weighted by Gasteiger charge is -2.23. The lowest BCUT2D eigenvalue weighted by atomic mass is 10.00. The maximum absolute atomic E-state index is 13.8. The fourth-order valence-corrected chi connectivity index (χ4v) is 5.85. The SMILES string of the molecule is COC(=O)CN(c1ccc(Cl)cc1)S(=O)(=O)c1ccc2[nH]c(C)c(C(=O)CCc3ccc(C(=N)N)cc3)c2c1.Cl. The molecule has 210 valence electrons. The number of ether oxygens (including phenoxy) is 1. The number of nitrogens with two attached hydrogens (primary N) is 1. The van der Waals surface area contributed by atoms with E-state index in [9.17, 15) is 18.0 Å². The van der Waals surface area contributed by atoms with E-state index in [-0.39, 0.29) is 41.0 Å². The number of esters is 1. The van der Waals surface area contributed by atoms with Gasteiger partial charge >= 0.3 is 5.97 Å². The number of H-pyrrole nitrogens is 1. The van der Waals surface area contributed by atoms with Gasteiger partial charge in [0.05, 0.1) is 17.7 Å². The van der Waals surface area contributed by atoms with Gasteiger partial charge in [0.1, 0.15) is 12.4 Å². The molecule has 0 spiro atoms. The summed E-state index contributed by atoms with van der Waals surface area (Å²) in [4.78, 5) is 28.5. The Labute approximate surface area is 243 Å². The number of benzene rings is 3. The molecule has 0 saturated heterocycles. The maximum atomic E-state index is 13.8. The van der Waals surface area contributed by atoms with Gasteiger partial charge in [-0.25, -0.2) is 8.42 Å². The summed E-state index contributed by atoms with van der Waals surface area (Å²) in [6.07, 6.45) is 0.661. The molecule has 4 N–H and O–H groups in total. The van der Waals surface area contributed by atoms with Crippen molar-refractivity contribution < 1.29 is 22.7 Å². The molecule has 0 atom stereocenters. The number of nitrogens with one attached hydrogen (secondary N) is 2. The number of anilines is 1. The zero-order valence-electron chi connectivity index (χ0n) is 21.7. The Morgan fingerprint density at radius 2 is 1.70 bits per heavy atom. The topological polar surface area (TPSA) is 146 Å². The Morgan fingerprint density at radius 3 is 2.30 bits per heavy atom. The molecular formula is C28H28Cl2N4O5S. The first kappa shape index (κ1) is 30.7. The van der Waals surface area contributed by atoms with Crippen molar-refractivity contribution in [2.24, 2.45) is 5.73 Å². The van der Waals surface area contributed by atoms with Crippen LogP contribution in [0.15, 0.2) is 71.6 Å². The average Bonchev–Trinajstić information content (AvgIpc) is 3.25. The second kappa shape index (κ2) is 12.5. The highest BCUT2D eigenvalue weighted by Crippen LogP contribution is 2.30. The van der Waals surface area contributed by atoms with Crippen molar-refractivity contribution in [3.8, 4) is 0 Å². The quantitative estimate of drug-likeness (QED) is 0.100. The van der Waals surface area contributed by atoms with Crippen molar-refractivity contribution in [3.05, 3.63) is 94.1 Å². The van der Waals surface area contributed by atoms with Gasteiger partial charge in [0.2, 0.25) is 0 Å². The number of fused-ring (bicyclic) bond motifs is 1. The number of amidine groups is 1. The molecule has 0 saturated carbocycles. The molecule has 12 heteroatoms. The van der Waals surface area contributed by atoms with Gasteiger partial charge < -0.3 is 15.5 Å². The van der Waals surface area contributed by atoms with Crippen LogP contribution < -0.4 is 10.0 Å². The van der Waals surface area contributed by atoms with Crippen LogP contribution >= 0.6 is 24.0 Å². The van der Waals surface area contributed by atoms with Gasteiger partial charge in [-0.3, -0.25) is 19.3 Å². The van der Waals surface area contributed by atoms with Crippen LogP contribution in [0.4, 0.5) is 5.69 Å². The normalized spacial score (nSPS) is 11.1. The summed E-state index contributed by atoms with van der Waals surface area (Å²) in [5.74, 6) is -0.911. The Bertz CT molecular complexity index is 1670. The van der Waals surface area contributed by atoms with Crippen molar-refractivity contribution in [1.82, 2.24) is 4.98 Å². The number of carbonyl (C=O) groups excluding carboxylic acids is 2. The van der Waals surface area contributed by atoms with Gasteiger partial charge in [-0.15, -0.1) is 12.4 Å². The first-order chi connectivity index (χ1) is 18.5. The van der Waals surface area contributed by atoms with Gasteiger partial charge in [-0.2, -0.15) is 0 Å². The zero-order chi connectivity index (χ0) is 28.3. The van der Waals surface area contributed by atoms with E-state index in [0.717, 1.165) is 9.87 Å². The van der Waals surface area contributed by atoms with Gasteiger partial charge in [-0.05, 0) is 61.4 Å². The van der Waals surface area contributed by atoms with Crippen LogP contribution in [-0.2, 0) is 26.0 Å². The fraction of sp³-hybridized carbons (Fsp3) is 0.179. The molecule has 4 aromatic rings. The van der Waals surface area contributed by atoms with E-state index in [1.165, 1.54) is 43.5 Å². The molecule has 1 aromatic heterocycles. The summed E-state index contributed by atoms with van der Waals surface area (Å²) in [7, 11) is -3.05. The van der Waals surface area contributed by atoms with Crippen LogP contribution in [0.3, 0.4) is 0 Å². The van der Waals surface area contributed by atoms with Gasteiger partial charge in [0.25, 0.3) is 10.0 Å². The summed E-state index contributed by atoms with van der Waals surface area (Å²) < 4.78 is 33.2. The Hall–Kier alpha value is -3.86. The lowest BCUT2D eigenvalue weighted by molar-refractivity contribution is -0.138. The third-order valence-corrected chi connectivity index (χ3v) is 8.37. The van der Waals surface area contributed by atoms with E-state index in [2.05, 4.69) is 4.98 Å². The van der Waals surface area contributed by atoms with Crippen molar-refractivity contribution in [2.45, 2.75) is 24.7 Å².